The highest BCUT2D eigenvalue weighted by atomic mass is 16.2. The number of rotatable bonds is 2. The summed E-state index contributed by atoms with van der Waals surface area (Å²) in [5.41, 5.74) is -0.865. The number of nitrogens with one attached hydrogen (secondary N) is 2. The third-order valence-corrected chi connectivity index (χ3v) is 2.98. The molecule has 1 rings (SSSR count). The second-order valence-electron chi connectivity index (χ2n) is 4.92. The van der Waals surface area contributed by atoms with Gasteiger partial charge in [0.2, 0.25) is 5.91 Å². The summed E-state index contributed by atoms with van der Waals surface area (Å²) in [7, 11) is 3.57. The standard InChI is InChI=1S/C11H22N4O2/c1-11(2,13-10(17)12-3)9(16)15-7-5-14(4)6-8-15/h5-8H2,1-4H3,(H2,12,13,17). The van der Waals surface area contributed by atoms with Crippen LogP contribution >= 0.6 is 0 Å². The highest BCUT2D eigenvalue weighted by molar-refractivity contribution is 5.90. The Morgan fingerprint density at radius 3 is 2.12 bits per heavy atom. The van der Waals surface area contributed by atoms with Gasteiger partial charge in [0.15, 0.2) is 0 Å². The number of hydrogen-bond acceptors (Lipinski definition) is 3. The number of likely N-dealkylation sites (N-methyl/N-ethyl adjacent to an activating group) is 1. The SMILES string of the molecule is CNC(=O)NC(C)(C)C(=O)N1CCN(C)CC1. The molecule has 0 atom stereocenters. The number of hydrogen-bond donors (Lipinski definition) is 2. The van der Waals surface area contributed by atoms with Gasteiger partial charge in [-0.25, -0.2) is 4.79 Å². The lowest BCUT2D eigenvalue weighted by molar-refractivity contribution is -0.138. The first kappa shape index (κ1) is 13.8. The zero-order chi connectivity index (χ0) is 13.1. The minimum absolute atomic E-state index is 0.0331. The van der Waals surface area contributed by atoms with Crippen LogP contribution in [-0.2, 0) is 4.79 Å². The van der Waals surface area contributed by atoms with Crippen LogP contribution in [0, 0.1) is 0 Å². The van der Waals surface area contributed by atoms with Gasteiger partial charge in [0.25, 0.3) is 0 Å². The third kappa shape index (κ3) is 3.59. The number of carbonyl (C=O) groups excluding carboxylic acids is 2. The summed E-state index contributed by atoms with van der Waals surface area (Å²) in [5, 5.41) is 5.12. The van der Waals surface area contributed by atoms with E-state index in [2.05, 4.69) is 15.5 Å². The molecule has 1 aliphatic rings. The highest BCUT2D eigenvalue weighted by Gasteiger charge is 2.34. The van der Waals surface area contributed by atoms with Crippen molar-refractivity contribution >= 4 is 11.9 Å². The Morgan fingerprint density at radius 2 is 1.65 bits per heavy atom. The Balaban J connectivity index is 2.58. The van der Waals surface area contributed by atoms with Crippen LogP contribution < -0.4 is 10.6 Å². The van der Waals surface area contributed by atoms with Crippen molar-refractivity contribution in [3.05, 3.63) is 0 Å². The molecule has 6 heteroatoms. The van der Waals surface area contributed by atoms with Crippen LogP contribution in [0.25, 0.3) is 0 Å². The molecule has 0 radical (unpaired) electrons. The van der Waals surface area contributed by atoms with Crippen molar-refractivity contribution in [2.24, 2.45) is 0 Å². The molecule has 0 aromatic heterocycles. The van der Waals surface area contributed by atoms with Crippen molar-refractivity contribution in [1.82, 2.24) is 20.4 Å². The molecule has 0 spiro atoms. The summed E-state index contributed by atoms with van der Waals surface area (Å²) in [5.74, 6) is -0.0331. The fourth-order valence-corrected chi connectivity index (χ4v) is 1.80. The van der Waals surface area contributed by atoms with Gasteiger partial charge in [-0.3, -0.25) is 4.79 Å². The summed E-state index contributed by atoms with van der Waals surface area (Å²) >= 11 is 0. The Hall–Kier alpha value is -1.30. The van der Waals surface area contributed by atoms with Gasteiger partial charge in [0.05, 0.1) is 0 Å². The number of urea groups is 1. The summed E-state index contributed by atoms with van der Waals surface area (Å²) in [6.45, 7) is 6.64. The average molecular weight is 242 g/mol. The lowest BCUT2D eigenvalue weighted by atomic mass is 10.0. The molecule has 0 aliphatic carbocycles. The Morgan fingerprint density at radius 1 is 1.12 bits per heavy atom. The fourth-order valence-electron chi connectivity index (χ4n) is 1.80. The molecule has 1 fully saturated rings. The van der Waals surface area contributed by atoms with Crippen LogP contribution in [0.5, 0.6) is 0 Å². The summed E-state index contributed by atoms with van der Waals surface area (Å²) < 4.78 is 0. The van der Waals surface area contributed by atoms with Gasteiger partial charge >= 0.3 is 6.03 Å². The minimum Gasteiger partial charge on any atom is -0.341 e. The zero-order valence-corrected chi connectivity index (χ0v) is 11.0. The van der Waals surface area contributed by atoms with E-state index >= 15 is 0 Å². The van der Waals surface area contributed by atoms with E-state index in [0.29, 0.717) is 13.1 Å². The van der Waals surface area contributed by atoms with Crippen LogP contribution in [0.3, 0.4) is 0 Å². The van der Waals surface area contributed by atoms with Crippen LogP contribution in [0.4, 0.5) is 4.79 Å². The van der Waals surface area contributed by atoms with Crippen molar-refractivity contribution in [1.29, 1.82) is 0 Å². The molecular weight excluding hydrogens is 220 g/mol. The highest BCUT2D eigenvalue weighted by Crippen LogP contribution is 2.10. The van der Waals surface area contributed by atoms with Gasteiger partial charge < -0.3 is 20.4 Å². The van der Waals surface area contributed by atoms with Crippen molar-refractivity contribution in [3.8, 4) is 0 Å². The average Bonchev–Trinajstić information content (AvgIpc) is 2.28. The Bertz CT molecular complexity index is 296. The quantitative estimate of drug-likeness (QED) is 0.684. The molecule has 1 aliphatic heterocycles. The largest absolute Gasteiger partial charge is 0.341 e. The van der Waals surface area contributed by atoms with Gasteiger partial charge in [-0.2, -0.15) is 0 Å². The van der Waals surface area contributed by atoms with E-state index in [0.717, 1.165) is 13.1 Å². The maximum absolute atomic E-state index is 12.2. The van der Waals surface area contributed by atoms with Gasteiger partial charge in [0.1, 0.15) is 5.54 Å². The monoisotopic (exact) mass is 242 g/mol. The van der Waals surface area contributed by atoms with Gasteiger partial charge in [-0.15, -0.1) is 0 Å². The normalized spacial score (nSPS) is 17.8. The second kappa shape index (κ2) is 5.35. The van der Waals surface area contributed by atoms with Gasteiger partial charge in [-0.1, -0.05) is 0 Å². The smallest absolute Gasteiger partial charge is 0.315 e. The van der Waals surface area contributed by atoms with Gasteiger partial charge in [-0.05, 0) is 20.9 Å². The molecule has 98 valence electrons. The maximum Gasteiger partial charge on any atom is 0.315 e. The lowest BCUT2D eigenvalue weighted by Gasteiger charge is -2.37. The number of carbonyl (C=O) groups is 2. The van der Waals surface area contributed by atoms with Crippen molar-refractivity contribution in [2.45, 2.75) is 19.4 Å². The minimum atomic E-state index is -0.865. The van der Waals surface area contributed by atoms with Crippen LogP contribution in [-0.4, -0.2) is 67.6 Å². The molecule has 0 saturated carbocycles. The van der Waals surface area contributed by atoms with E-state index < -0.39 is 5.54 Å². The first-order chi connectivity index (χ1) is 7.86. The van der Waals surface area contributed by atoms with Gasteiger partial charge in [0, 0.05) is 33.2 Å². The second-order valence-corrected chi connectivity index (χ2v) is 4.92. The Labute approximate surface area is 102 Å². The van der Waals surface area contributed by atoms with E-state index in [9.17, 15) is 9.59 Å². The molecule has 3 amide bonds. The molecule has 17 heavy (non-hydrogen) atoms. The molecule has 0 aromatic carbocycles. The first-order valence-corrected chi connectivity index (χ1v) is 5.84. The summed E-state index contributed by atoms with van der Waals surface area (Å²) in [6, 6.07) is -0.336. The van der Waals surface area contributed by atoms with E-state index in [1.807, 2.05) is 7.05 Å². The van der Waals surface area contributed by atoms with E-state index in [1.54, 1.807) is 18.7 Å². The molecule has 0 bridgehead atoms. The third-order valence-electron chi connectivity index (χ3n) is 2.98. The molecular formula is C11H22N4O2. The topological polar surface area (TPSA) is 64.7 Å². The van der Waals surface area contributed by atoms with E-state index in [4.69, 9.17) is 0 Å². The van der Waals surface area contributed by atoms with Crippen molar-refractivity contribution in [2.75, 3.05) is 40.3 Å². The van der Waals surface area contributed by atoms with Crippen LogP contribution in [0.15, 0.2) is 0 Å². The molecule has 6 nitrogen and oxygen atoms in total. The summed E-state index contributed by atoms with van der Waals surface area (Å²) in [4.78, 5) is 27.5. The molecule has 1 saturated heterocycles. The maximum atomic E-state index is 12.2. The zero-order valence-electron chi connectivity index (χ0n) is 11.0. The van der Waals surface area contributed by atoms with Crippen LogP contribution in [0.2, 0.25) is 0 Å². The first-order valence-electron chi connectivity index (χ1n) is 5.84. The van der Waals surface area contributed by atoms with Crippen molar-refractivity contribution in [3.63, 3.8) is 0 Å². The summed E-state index contributed by atoms with van der Waals surface area (Å²) in [6.07, 6.45) is 0. The Kier molecular flexibility index (Phi) is 4.34. The molecule has 0 unspecified atom stereocenters. The predicted octanol–water partition coefficient (Wildman–Crippen LogP) is -0.532. The van der Waals surface area contributed by atoms with E-state index in [-0.39, 0.29) is 11.9 Å². The number of nitrogens with zero attached hydrogens (tertiary/aromatic N) is 2. The fraction of sp³-hybridized carbons (Fsp3) is 0.818. The molecule has 2 N–H and O–H groups in total. The lowest BCUT2D eigenvalue weighted by Crippen LogP contribution is -2.60. The van der Waals surface area contributed by atoms with E-state index in [1.165, 1.54) is 7.05 Å². The van der Waals surface area contributed by atoms with Crippen molar-refractivity contribution < 1.29 is 9.59 Å². The van der Waals surface area contributed by atoms with Crippen LogP contribution in [0.1, 0.15) is 13.8 Å². The molecule has 0 aromatic rings. The number of piperazine rings is 1. The molecule has 1 heterocycles. The number of amides is 3. The predicted molar refractivity (Wildman–Crippen MR) is 65.7 cm³/mol.